The van der Waals surface area contributed by atoms with Gasteiger partial charge in [0.2, 0.25) is 0 Å². The van der Waals surface area contributed by atoms with E-state index in [9.17, 15) is 8.42 Å². The second-order valence-corrected chi connectivity index (χ2v) is 5.01. The predicted octanol–water partition coefficient (Wildman–Crippen LogP) is 0.104. The molecule has 4 N–H and O–H groups in total. The number of hydrogen-bond acceptors (Lipinski definition) is 5. The topological polar surface area (TPSA) is 106 Å². The largest absolute Gasteiger partial charge is 0.486 e. The van der Waals surface area contributed by atoms with Gasteiger partial charge in [0.25, 0.3) is 10.2 Å². The lowest BCUT2D eigenvalue weighted by Crippen LogP contribution is -2.25. The molecule has 0 aliphatic carbocycles. The van der Waals surface area contributed by atoms with Gasteiger partial charge in [0.1, 0.15) is 18.2 Å². The molecule has 1 aromatic rings. The van der Waals surface area contributed by atoms with Crippen LogP contribution in [0.25, 0.3) is 0 Å². The van der Waals surface area contributed by atoms with Crippen molar-refractivity contribution in [3.63, 3.8) is 0 Å². The summed E-state index contributed by atoms with van der Waals surface area (Å²) in [6.07, 6.45) is 0. The van der Waals surface area contributed by atoms with Gasteiger partial charge in [-0.3, -0.25) is 9.71 Å². The molecule has 0 aromatic heterocycles. The maximum absolute atomic E-state index is 10.9. The highest BCUT2D eigenvalue weighted by atomic mass is 35.5. The number of hydrogen-bond donors (Lipinski definition) is 3. The Morgan fingerprint density at radius 1 is 1.47 bits per heavy atom. The van der Waals surface area contributed by atoms with Crippen molar-refractivity contribution in [1.82, 2.24) is 5.32 Å². The third kappa shape index (κ3) is 5.33. The summed E-state index contributed by atoms with van der Waals surface area (Å²) in [5.74, 6) is 1.33. The molecule has 1 heterocycles. The van der Waals surface area contributed by atoms with Gasteiger partial charge in [0, 0.05) is 12.6 Å². The van der Waals surface area contributed by atoms with Gasteiger partial charge in [-0.05, 0) is 12.1 Å². The van der Waals surface area contributed by atoms with Gasteiger partial charge in [0.15, 0.2) is 0 Å². The van der Waals surface area contributed by atoms with Crippen LogP contribution in [0.1, 0.15) is 0 Å². The van der Waals surface area contributed by atoms with Crippen molar-refractivity contribution in [3.05, 3.63) is 24.3 Å². The quantitative estimate of drug-likeness (QED) is 0.717. The summed E-state index contributed by atoms with van der Waals surface area (Å²) < 4.78 is 29.4. The lowest BCUT2D eigenvalue weighted by atomic mass is 10.3. The molecule has 1 aromatic carbocycles. The number of halogens is 1. The molecule has 19 heavy (non-hydrogen) atoms. The number of anilines is 1. The summed E-state index contributed by atoms with van der Waals surface area (Å²) in [4.78, 5) is 4.18. The zero-order chi connectivity index (χ0) is 13.0. The van der Waals surface area contributed by atoms with Crippen molar-refractivity contribution in [2.75, 3.05) is 24.4 Å². The molecule has 0 saturated carbocycles. The van der Waals surface area contributed by atoms with Crippen molar-refractivity contribution in [2.45, 2.75) is 0 Å². The van der Waals surface area contributed by atoms with E-state index >= 15 is 0 Å². The smallest absolute Gasteiger partial charge is 0.296 e. The van der Waals surface area contributed by atoms with Crippen molar-refractivity contribution in [2.24, 2.45) is 10.1 Å². The molecule has 1 aliphatic rings. The Balaban J connectivity index is 0.00000180. The highest BCUT2D eigenvalue weighted by Gasteiger charge is 2.07. The predicted molar refractivity (Wildman–Crippen MR) is 76.2 cm³/mol. The summed E-state index contributed by atoms with van der Waals surface area (Å²) in [5.41, 5.74) is 0.358. The minimum atomic E-state index is -3.77. The molecular weight excluding hydrogens is 292 g/mol. The minimum absolute atomic E-state index is 0. The second-order valence-electron chi connectivity index (χ2n) is 3.72. The fourth-order valence-electron chi connectivity index (χ4n) is 1.51. The van der Waals surface area contributed by atoms with Gasteiger partial charge in [-0.25, -0.2) is 5.14 Å². The highest BCUT2D eigenvalue weighted by Crippen LogP contribution is 2.17. The summed E-state index contributed by atoms with van der Waals surface area (Å²) in [6, 6.07) is 6.54. The number of nitrogens with two attached hydrogens (primary N) is 1. The van der Waals surface area contributed by atoms with Crippen LogP contribution >= 0.6 is 12.4 Å². The van der Waals surface area contributed by atoms with E-state index in [2.05, 4.69) is 15.0 Å². The fourth-order valence-corrected chi connectivity index (χ4v) is 1.96. The number of ether oxygens (including phenoxy) is 1. The van der Waals surface area contributed by atoms with Crippen LogP contribution in [0.3, 0.4) is 0 Å². The van der Waals surface area contributed by atoms with E-state index in [1.807, 2.05) is 0 Å². The number of aliphatic imine (C=N–C) groups is 1. The maximum Gasteiger partial charge on any atom is 0.296 e. The first-order chi connectivity index (χ1) is 8.53. The molecule has 0 atom stereocenters. The summed E-state index contributed by atoms with van der Waals surface area (Å²) in [6.45, 7) is 1.91. The number of nitrogens with zero attached hydrogens (tertiary/aromatic N) is 1. The second kappa shape index (κ2) is 6.60. The highest BCUT2D eigenvalue weighted by molar-refractivity contribution is 7.90. The molecule has 0 fully saturated rings. The van der Waals surface area contributed by atoms with E-state index in [1.54, 1.807) is 24.3 Å². The zero-order valence-electron chi connectivity index (χ0n) is 10.00. The van der Waals surface area contributed by atoms with Gasteiger partial charge in [-0.15, -0.1) is 12.4 Å². The van der Waals surface area contributed by atoms with Crippen LogP contribution in [0.2, 0.25) is 0 Å². The SMILES string of the molecule is Cl.NS(=O)(=O)Nc1cccc(OCC2=NCCN2)c1. The zero-order valence-corrected chi connectivity index (χ0v) is 11.6. The van der Waals surface area contributed by atoms with Crippen molar-refractivity contribution in [1.29, 1.82) is 0 Å². The third-order valence-electron chi connectivity index (χ3n) is 2.21. The van der Waals surface area contributed by atoms with Crippen molar-refractivity contribution >= 4 is 34.1 Å². The van der Waals surface area contributed by atoms with Crippen molar-refractivity contribution in [3.8, 4) is 5.75 Å². The number of amidine groups is 1. The van der Waals surface area contributed by atoms with Gasteiger partial charge >= 0.3 is 0 Å². The van der Waals surface area contributed by atoms with Gasteiger partial charge in [0.05, 0.1) is 12.2 Å². The number of rotatable bonds is 5. The molecule has 0 unspecified atom stereocenters. The molecule has 0 bridgehead atoms. The van der Waals surface area contributed by atoms with Gasteiger partial charge < -0.3 is 10.1 Å². The molecular formula is C10H15ClN4O3S. The molecule has 2 rings (SSSR count). The first-order valence-electron chi connectivity index (χ1n) is 5.33. The first kappa shape index (κ1) is 15.5. The molecule has 1 aliphatic heterocycles. The Morgan fingerprint density at radius 2 is 2.26 bits per heavy atom. The average molecular weight is 307 g/mol. The van der Waals surface area contributed by atoms with E-state index in [-0.39, 0.29) is 12.4 Å². The Labute approximate surface area is 117 Å². The normalized spacial score (nSPS) is 14.1. The van der Waals surface area contributed by atoms with Crippen LogP contribution in [0.5, 0.6) is 5.75 Å². The average Bonchev–Trinajstić information content (AvgIpc) is 2.77. The van der Waals surface area contributed by atoms with E-state index in [1.165, 1.54) is 0 Å². The molecule has 0 amide bonds. The van der Waals surface area contributed by atoms with Crippen LogP contribution in [0.15, 0.2) is 29.3 Å². The molecule has 106 valence electrons. The van der Waals surface area contributed by atoms with Crippen molar-refractivity contribution < 1.29 is 13.2 Å². The van der Waals surface area contributed by atoms with E-state index in [0.29, 0.717) is 18.0 Å². The van der Waals surface area contributed by atoms with Gasteiger partial charge in [-0.2, -0.15) is 8.42 Å². The Bertz CT molecular complexity index is 562. The monoisotopic (exact) mass is 306 g/mol. The molecule has 0 spiro atoms. The number of nitrogens with one attached hydrogen (secondary N) is 2. The lowest BCUT2D eigenvalue weighted by Gasteiger charge is -2.08. The Morgan fingerprint density at radius 3 is 2.89 bits per heavy atom. The summed E-state index contributed by atoms with van der Waals surface area (Å²) in [7, 11) is -3.77. The van der Waals surface area contributed by atoms with Gasteiger partial charge in [-0.1, -0.05) is 6.07 Å². The van der Waals surface area contributed by atoms with Crippen LogP contribution in [0.4, 0.5) is 5.69 Å². The fraction of sp³-hybridized carbons (Fsp3) is 0.300. The van der Waals surface area contributed by atoms with E-state index in [4.69, 9.17) is 9.88 Å². The molecule has 9 heteroatoms. The standard InChI is InChI=1S/C10H14N4O3S.ClH/c11-18(15,16)14-8-2-1-3-9(6-8)17-7-10-12-4-5-13-10;/h1-3,6,14H,4-5,7H2,(H,12,13)(H2,11,15,16);1H. The van der Waals surface area contributed by atoms with E-state index in [0.717, 1.165) is 18.9 Å². The molecule has 0 saturated heterocycles. The molecule has 0 radical (unpaired) electrons. The van der Waals surface area contributed by atoms with Crippen LogP contribution < -0.4 is 19.9 Å². The van der Waals surface area contributed by atoms with E-state index < -0.39 is 10.2 Å². The molecule has 7 nitrogen and oxygen atoms in total. The van der Waals surface area contributed by atoms with Crippen LogP contribution in [0, 0.1) is 0 Å². The summed E-state index contributed by atoms with van der Waals surface area (Å²) in [5, 5.41) is 7.96. The minimum Gasteiger partial charge on any atom is -0.486 e. The Kier molecular flexibility index (Phi) is 5.40. The van der Waals surface area contributed by atoms with Crippen LogP contribution in [-0.2, 0) is 10.2 Å². The summed E-state index contributed by atoms with van der Waals surface area (Å²) >= 11 is 0. The first-order valence-corrected chi connectivity index (χ1v) is 6.88. The maximum atomic E-state index is 10.9. The van der Waals surface area contributed by atoms with Crippen LogP contribution in [-0.4, -0.2) is 33.9 Å². The number of benzene rings is 1. The third-order valence-corrected chi connectivity index (χ3v) is 2.73. The lowest BCUT2D eigenvalue weighted by molar-refractivity contribution is 0.374. The Hall–Kier alpha value is -1.51.